The summed E-state index contributed by atoms with van der Waals surface area (Å²) >= 11 is 4.58. The van der Waals surface area contributed by atoms with Crippen molar-refractivity contribution < 1.29 is 4.74 Å². The summed E-state index contributed by atoms with van der Waals surface area (Å²) in [6, 6.07) is 4.38. The molecule has 2 rings (SSSR count). The van der Waals surface area contributed by atoms with Crippen LogP contribution >= 0.6 is 12.6 Å². The SMILES string of the molecule is Cc1cc(C)c(C)c(OCC2(CS)CCCCC2)c1. The first kappa shape index (κ1) is 14.8. The number of hydrogen-bond acceptors (Lipinski definition) is 2. The van der Waals surface area contributed by atoms with Crippen molar-refractivity contribution in [1.82, 2.24) is 0 Å². The average Bonchev–Trinajstić information content (AvgIpc) is 2.42. The van der Waals surface area contributed by atoms with Gasteiger partial charge in [-0.3, -0.25) is 0 Å². The lowest BCUT2D eigenvalue weighted by atomic mass is 9.76. The first-order valence-corrected chi connectivity index (χ1v) is 8.01. The lowest BCUT2D eigenvalue weighted by Gasteiger charge is -2.35. The van der Waals surface area contributed by atoms with Crippen LogP contribution in [-0.4, -0.2) is 12.4 Å². The van der Waals surface area contributed by atoms with Crippen LogP contribution in [0, 0.1) is 26.2 Å². The molecule has 106 valence electrons. The van der Waals surface area contributed by atoms with Crippen LogP contribution in [0.4, 0.5) is 0 Å². The number of ether oxygens (including phenoxy) is 1. The molecule has 1 aromatic carbocycles. The Morgan fingerprint density at radius 1 is 1.11 bits per heavy atom. The predicted molar refractivity (Wildman–Crippen MR) is 85.5 cm³/mol. The smallest absolute Gasteiger partial charge is 0.122 e. The third-order valence-electron chi connectivity index (χ3n) is 4.55. The van der Waals surface area contributed by atoms with E-state index in [1.165, 1.54) is 48.8 Å². The van der Waals surface area contributed by atoms with E-state index in [-0.39, 0.29) is 0 Å². The van der Waals surface area contributed by atoms with Crippen LogP contribution in [-0.2, 0) is 0 Å². The van der Waals surface area contributed by atoms with Gasteiger partial charge >= 0.3 is 0 Å². The van der Waals surface area contributed by atoms with Gasteiger partial charge in [0.1, 0.15) is 5.75 Å². The van der Waals surface area contributed by atoms with Crippen LogP contribution in [0.3, 0.4) is 0 Å². The molecule has 0 aliphatic heterocycles. The zero-order valence-electron chi connectivity index (χ0n) is 12.5. The minimum atomic E-state index is 0.297. The molecule has 0 amide bonds. The summed E-state index contributed by atoms with van der Waals surface area (Å²) in [6.45, 7) is 7.26. The summed E-state index contributed by atoms with van der Waals surface area (Å²) in [5.41, 5.74) is 4.17. The normalized spacial score (nSPS) is 18.3. The molecule has 0 unspecified atom stereocenters. The van der Waals surface area contributed by atoms with Crippen LogP contribution in [0.2, 0.25) is 0 Å². The maximum atomic E-state index is 6.18. The summed E-state index contributed by atoms with van der Waals surface area (Å²) in [5, 5.41) is 0. The highest BCUT2D eigenvalue weighted by atomic mass is 32.1. The van der Waals surface area contributed by atoms with Gasteiger partial charge in [-0.1, -0.05) is 25.3 Å². The predicted octanol–water partition coefficient (Wildman–Crippen LogP) is 4.87. The molecule has 2 heteroatoms. The van der Waals surface area contributed by atoms with Gasteiger partial charge in [0.25, 0.3) is 0 Å². The average molecular weight is 278 g/mol. The summed E-state index contributed by atoms with van der Waals surface area (Å²) < 4.78 is 6.18. The molecule has 1 nitrogen and oxygen atoms in total. The van der Waals surface area contributed by atoms with E-state index >= 15 is 0 Å². The van der Waals surface area contributed by atoms with Crippen molar-refractivity contribution in [3.63, 3.8) is 0 Å². The molecule has 0 radical (unpaired) electrons. The fraction of sp³-hybridized carbons (Fsp3) is 0.647. The summed E-state index contributed by atoms with van der Waals surface area (Å²) in [4.78, 5) is 0. The van der Waals surface area contributed by atoms with Crippen molar-refractivity contribution in [2.24, 2.45) is 5.41 Å². The molecule has 1 fully saturated rings. The zero-order chi connectivity index (χ0) is 13.9. The van der Waals surface area contributed by atoms with E-state index in [1.54, 1.807) is 0 Å². The second-order valence-corrected chi connectivity index (χ2v) is 6.53. The van der Waals surface area contributed by atoms with E-state index in [2.05, 4.69) is 45.5 Å². The largest absolute Gasteiger partial charge is 0.493 e. The minimum absolute atomic E-state index is 0.297. The fourth-order valence-electron chi connectivity index (χ4n) is 3.03. The number of rotatable bonds is 4. The highest BCUT2D eigenvalue weighted by Gasteiger charge is 2.31. The second-order valence-electron chi connectivity index (χ2n) is 6.21. The zero-order valence-corrected chi connectivity index (χ0v) is 13.4. The van der Waals surface area contributed by atoms with Crippen LogP contribution < -0.4 is 4.74 Å². The maximum absolute atomic E-state index is 6.18. The quantitative estimate of drug-likeness (QED) is 0.773. The molecule has 0 bridgehead atoms. The van der Waals surface area contributed by atoms with Gasteiger partial charge in [-0.2, -0.15) is 12.6 Å². The van der Waals surface area contributed by atoms with E-state index in [0.29, 0.717) is 5.41 Å². The van der Waals surface area contributed by atoms with E-state index in [0.717, 1.165) is 18.1 Å². The number of aryl methyl sites for hydroxylation is 2. The van der Waals surface area contributed by atoms with Crippen molar-refractivity contribution in [2.75, 3.05) is 12.4 Å². The Bertz CT molecular complexity index is 433. The molecule has 0 atom stereocenters. The molecule has 1 aromatic rings. The Labute approximate surface area is 123 Å². The Morgan fingerprint density at radius 2 is 1.79 bits per heavy atom. The van der Waals surface area contributed by atoms with Crippen LogP contribution in [0.5, 0.6) is 5.75 Å². The molecule has 0 spiro atoms. The Morgan fingerprint density at radius 3 is 2.42 bits per heavy atom. The van der Waals surface area contributed by atoms with Crippen molar-refractivity contribution in [1.29, 1.82) is 0 Å². The van der Waals surface area contributed by atoms with Crippen molar-refractivity contribution >= 4 is 12.6 Å². The Kier molecular flexibility index (Phi) is 4.83. The molecule has 19 heavy (non-hydrogen) atoms. The van der Waals surface area contributed by atoms with Gasteiger partial charge in [0.05, 0.1) is 6.61 Å². The van der Waals surface area contributed by atoms with E-state index < -0.39 is 0 Å². The van der Waals surface area contributed by atoms with Gasteiger partial charge in [-0.15, -0.1) is 0 Å². The van der Waals surface area contributed by atoms with E-state index in [1.807, 2.05) is 0 Å². The molecule has 0 heterocycles. The molecular formula is C17H26OS. The molecule has 0 aromatic heterocycles. The topological polar surface area (TPSA) is 9.23 Å². The summed E-state index contributed by atoms with van der Waals surface area (Å²) in [7, 11) is 0. The standard InChI is InChI=1S/C17H26OS/c1-13-9-14(2)15(3)16(10-13)18-11-17(12-19)7-5-4-6-8-17/h9-10,19H,4-8,11-12H2,1-3H3. The van der Waals surface area contributed by atoms with Gasteiger partial charge in [0.2, 0.25) is 0 Å². The molecule has 0 N–H and O–H groups in total. The number of benzene rings is 1. The highest BCUT2D eigenvalue weighted by molar-refractivity contribution is 7.80. The first-order chi connectivity index (χ1) is 9.06. The molecule has 0 saturated heterocycles. The molecular weight excluding hydrogens is 252 g/mol. The van der Waals surface area contributed by atoms with Crippen molar-refractivity contribution in [2.45, 2.75) is 52.9 Å². The monoisotopic (exact) mass is 278 g/mol. The third-order valence-corrected chi connectivity index (χ3v) is 5.22. The lowest BCUT2D eigenvalue weighted by Crippen LogP contribution is -2.33. The lowest BCUT2D eigenvalue weighted by molar-refractivity contribution is 0.120. The van der Waals surface area contributed by atoms with Crippen LogP contribution in [0.15, 0.2) is 12.1 Å². The van der Waals surface area contributed by atoms with Gasteiger partial charge in [0.15, 0.2) is 0 Å². The highest BCUT2D eigenvalue weighted by Crippen LogP contribution is 2.38. The van der Waals surface area contributed by atoms with Gasteiger partial charge < -0.3 is 4.74 Å². The number of hydrogen-bond donors (Lipinski definition) is 1. The minimum Gasteiger partial charge on any atom is -0.493 e. The fourth-order valence-corrected chi connectivity index (χ4v) is 3.44. The van der Waals surface area contributed by atoms with E-state index in [9.17, 15) is 0 Å². The van der Waals surface area contributed by atoms with Crippen LogP contribution in [0.25, 0.3) is 0 Å². The van der Waals surface area contributed by atoms with E-state index in [4.69, 9.17) is 4.74 Å². The van der Waals surface area contributed by atoms with Gasteiger partial charge in [-0.05, 0) is 62.1 Å². The van der Waals surface area contributed by atoms with Gasteiger partial charge in [-0.25, -0.2) is 0 Å². The molecule has 1 aliphatic rings. The van der Waals surface area contributed by atoms with Crippen molar-refractivity contribution in [3.05, 3.63) is 28.8 Å². The molecule has 1 saturated carbocycles. The summed E-state index contributed by atoms with van der Waals surface area (Å²) in [6.07, 6.45) is 6.56. The van der Waals surface area contributed by atoms with Crippen LogP contribution in [0.1, 0.15) is 48.8 Å². The third kappa shape index (κ3) is 3.47. The molecule has 1 aliphatic carbocycles. The first-order valence-electron chi connectivity index (χ1n) is 7.38. The summed E-state index contributed by atoms with van der Waals surface area (Å²) in [5.74, 6) is 2.00. The van der Waals surface area contributed by atoms with Gasteiger partial charge in [0, 0.05) is 5.41 Å². The Hall–Kier alpha value is -0.630. The second kappa shape index (κ2) is 6.21. The Balaban J connectivity index is 2.09. The maximum Gasteiger partial charge on any atom is 0.122 e. The number of thiol groups is 1. The van der Waals surface area contributed by atoms with Crippen molar-refractivity contribution in [3.8, 4) is 5.75 Å².